The summed E-state index contributed by atoms with van der Waals surface area (Å²) < 4.78 is 30.4. The Morgan fingerprint density at radius 1 is 1.38 bits per heavy atom. The van der Waals surface area contributed by atoms with E-state index in [2.05, 4.69) is 15.0 Å². The van der Waals surface area contributed by atoms with Crippen LogP contribution < -0.4 is 10.0 Å². The van der Waals surface area contributed by atoms with Crippen LogP contribution in [0.4, 0.5) is 4.79 Å². The zero-order valence-electron chi connectivity index (χ0n) is 12.2. The monoisotopic (exact) mass is 335 g/mol. The summed E-state index contributed by atoms with van der Waals surface area (Å²) in [4.78, 5) is 16.1. The lowest BCUT2D eigenvalue weighted by Gasteiger charge is -2.09. The number of rotatable bonds is 9. The van der Waals surface area contributed by atoms with Gasteiger partial charge in [0.25, 0.3) is 0 Å². The molecule has 0 saturated carbocycles. The first-order valence-electron chi connectivity index (χ1n) is 6.68. The molecule has 1 amide bonds. The number of unbranched alkanes of at least 4 members (excludes halogenated alkanes) is 1. The molecule has 0 saturated heterocycles. The van der Waals surface area contributed by atoms with E-state index < -0.39 is 21.4 Å². The van der Waals surface area contributed by atoms with Gasteiger partial charge in [0.15, 0.2) is 0 Å². The number of ether oxygens (including phenoxy) is 1. The van der Waals surface area contributed by atoms with Gasteiger partial charge in [-0.05, 0) is 26.7 Å². The van der Waals surface area contributed by atoms with E-state index in [-0.39, 0.29) is 6.61 Å². The van der Waals surface area contributed by atoms with Crippen LogP contribution in [0, 0.1) is 0 Å². The number of nitrogens with one attached hydrogen (secondary N) is 2. The van der Waals surface area contributed by atoms with Crippen LogP contribution in [0.2, 0.25) is 0 Å². The Balaban J connectivity index is 2.02. The molecule has 0 aliphatic carbocycles. The quantitative estimate of drug-likeness (QED) is 0.666. The van der Waals surface area contributed by atoms with Crippen molar-refractivity contribution in [2.75, 3.05) is 13.1 Å². The van der Waals surface area contributed by atoms with Gasteiger partial charge in [-0.25, -0.2) is 17.9 Å². The second kappa shape index (κ2) is 8.96. The Labute approximate surface area is 129 Å². The molecule has 0 bridgehead atoms. The minimum Gasteiger partial charge on any atom is -0.444 e. The molecule has 0 fully saturated rings. The fourth-order valence-corrected chi connectivity index (χ4v) is 2.59. The molecule has 0 unspecified atom stereocenters. The molecule has 0 radical (unpaired) electrons. The van der Waals surface area contributed by atoms with Gasteiger partial charge < -0.3 is 10.1 Å². The van der Waals surface area contributed by atoms with E-state index in [1.807, 2.05) is 0 Å². The van der Waals surface area contributed by atoms with Crippen molar-refractivity contribution >= 4 is 27.5 Å². The third kappa shape index (κ3) is 7.39. The van der Waals surface area contributed by atoms with Crippen LogP contribution in [0.25, 0.3) is 0 Å². The van der Waals surface area contributed by atoms with Crippen molar-refractivity contribution in [3.05, 3.63) is 16.6 Å². The molecule has 9 heteroatoms. The summed E-state index contributed by atoms with van der Waals surface area (Å²) >= 11 is 1.42. The number of carbonyl (C=O) groups excluding carboxylic acids is 1. The average Bonchev–Trinajstić information content (AvgIpc) is 2.93. The van der Waals surface area contributed by atoms with Gasteiger partial charge in [0, 0.05) is 19.3 Å². The fraction of sp³-hybridized carbons (Fsp3) is 0.667. The first kappa shape index (κ1) is 17.9. The van der Waals surface area contributed by atoms with E-state index in [1.54, 1.807) is 25.6 Å². The Bertz CT molecular complexity index is 515. The third-order valence-electron chi connectivity index (χ3n) is 2.63. The molecule has 1 heterocycles. The van der Waals surface area contributed by atoms with E-state index in [0.29, 0.717) is 25.9 Å². The number of alkyl carbamates (subject to hydrolysis) is 1. The lowest BCUT2D eigenvalue weighted by molar-refractivity contribution is 0.140. The van der Waals surface area contributed by atoms with Crippen LogP contribution in [0.3, 0.4) is 0 Å². The second-order valence-electron chi connectivity index (χ2n) is 4.67. The van der Waals surface area contributed by atoms with Crippen molar-refractivity contribution in [2.45, 2.75) is 38.5 Å². The number of aromatic nitrogens is 1. The van der Waals surface area contributed by atoms with Crippen LogP contribution in [0.15, 0.2) is 11.7 Å². The third-order valence-corrected chi connectivity index (χ3v) is 5.23. The van der Waals surface area contributed by atoms with Gasteiger partial charge >= 0.3 is 6.09 Å². The molecule has 0 aliphatic rings. The Morgan fingerprint density at radius 2 is 2.10 bits per heavy atom. The predicted octanol–water partition coefficient (Wildman–Crippen LogP) is 1.48. The zero-order chi connectivity index (χ0) is 15.7. The molecule has 21 heavy (non-hydrogen) atoms. The van der Waals surface area contributed by atoms with E-state index in [4.69, 9.17) is 4.74 Å². The molecule has 2 N–H and O–H groups in total. The fourth-order valence-electron chi connectivity index (χ4n) is 1.32. The Morgan fingerprint density at radius 3 is 2.71 bits per heavy atom. The number of sulfonamides is 1. The van der Waals surface area contributed by atoms with Crippen molar-refractivity contribution in [2.24, 2.45) is 0 Å². The van der Waals surface area contributed by atoms with Crippen LogP contribution in [-0.4, -0.2) is 37.8 Å². The highest BCUT2D eigenvalue weighted by molar-refractivity contribution is 7.90. The predicted molar refractivity (Wildman–Crippen MR) is 81.6 cm³/mol. The van der Waals surface area contributed by atoms with Crippen molar-refractivity contribution in [1.29, 1.82) is 0 Å². The molecular formula is C12H21N3O4S2. The normalized spacial score (nSPS) is 11.6. The van der Waals surface area contributed by atoms with Crippen molar-refractivity contribution in [1.82, 2.24) is 15.0 Å². The summed E-state index contributed by atoms with van der Waals surface area (Å²) in [6, 6.07) is 0. The van der Waals surface area contributed by atoms with Gasteiger partial charge in [0.2, 0.25) is 10.0 Å². The molecule has 0 aromatic carbocycles. The summed E-state index contributed by atoms with van der Waals surface area (Å²) in [7, 11) is -3.20. The van der Waals surface area contributed by atoms with Crippen LogP contribution in [0.1, 0.15) is 31.6 Å². The zero-order valence-corrected chi connectivity index (χ0v) is 13.8. The van der Waals surface area contributed by atoms with E-state index in [0.717, 1.165) is 4.88 Å². The molecule has 0 atom stereocenters. The number of hydrogen-bond acceptors (Lipinski definition) is 6. The van der Waals surface area contributed by atoms with Crippen LogP contribution >= 0.6 is 11.3 Å². The van der Waals surface area contributed by atoms with Crippen molar-refractivity contribution in [3.63, 3.8) is 0 Å². The summed E-state index contributed by atoms with van der Waals surface area (Å²) in [6.45, 7) is 4.29. The number of hydrogen-bond donors (Lipinski definition) is 2. The molecule has 1 aromatic rings. The smallest absolute Gasteiger partial charge is 0.407 e. The van der Waals surface area contributed by atoms with Crippen LogP contribution in [-0.2, 0) is 21.4 Å². The largest absolute Gasteiger partial charge is 0.444 e. The molecule has 7 nitrogen and oxygen atoms in total. The summed E-state index contributed by atoms with van der Waals surface area (Å²) in [5.74, 6) is 0. The minimum atomic E-state index is -3.20. The maximum atomic E-state index is 11.5. The molecule has 0 aliphatic heterocycles. The van der Waals surface area contributed by atoms with Gasteiger partial charge in [-0.2, -0.15) is 0 Å². The van der Waals surface area contributed by atoms with E-state index >= 15 is 0 Å². The lowest BCUT2D eigenvalue weighted by atomic mass is 10.3. The SMILES string of the molecule is CC(C)S(=O)(=O)NCCCCNC(=O)OCc1cncs1. The van der Waals surface area contributed by atoms with E-state index in [1.165, 1.54) is 11.3 Å². The maximum Gasteiger partial charge on any atom is 0.407 e. The Kier molecular flexibility index (Phi) is 7.62. The number of nitrogens with zero attached hydrogens (tertiary/aromatic N) is 1. The maximum absolute atomic E-state index is 11.5. The van der Waals surface area contributed by atoms with Gasteiger partial charge in [-0.15, -0.1) is 11.3 Å². The standard InChI is InChI=1S/C12H21N3O4S2/c1-10(2)21(17,18)15-6-4-3-5-14-12(16)19-8-11-7-13-9-20-11/h7,9-10,15H,3-6,8H2,1-2H3,(H,14,16). The summed E-state index contributed by atoms with van der Waals surface area (Å²) in [5.41, 5.74) is 1.68. The first-order valence-corrected chi connectivity index (χ1v) is 9.11. The molecule has 1 rings (SSSR count). The first-order chi connectivity index (χ1) is 9.92. The highest BCUT2D eigenvalue weighted by Crippen LogP contribution is 2.06. The molecule has 1 aromatic heterocycles. The van der Waals surface area contributed by atoms with Crippen molar-refractivity contribution < 1.29 is 17.9 Å². The minimum absolute atomic E-state index is 0.213. The second-order valence-corrected chi connectivity index (χ2v) is 7.96. The Hall–Kier alpha value is -1.19. The lowest BCUT2D eigenvalue weighted by Crippen LogP contribution is -2.32. The summed E-state index contributed by atoms with van der Waals surface area (Å²) in [6.07, 6.45) is 2.50. The number of thiazole rings is 1. The number of amides is 1. The van der Waals surface area contributed by atoms with Crippen molar-refractivity contribution in [3.8, 4) is 0 Å². The molecular weight excluding hydrogens is 314 g/mol. The summed E-state index contributed by atoms with van der Waals surface area (Å²) in [5, 5.41) is 2.18. The average molecular weight is 335 g/mol. The van der Waals surface area contributed by atoms with Gasteiger partial charge in [0.05, 0.1) is 15.6 Å². The van der Waals surface area contributed by atoms with Gasteiger partial charge in [0.1, 0.15) is 6.61 Å². The molecule has 0 spiro atoms. The van der Waals surface area contributed by atoms with Crippen LogP contribution in [0.5, 0.6) is 0 Å². The van der Waals surface area contributed by atoms with E-state index in [9.17, 15) is 13.2 Å². The molecule has 120 valence electrons. The topological polar surface area (TPSA) is 97.4 Å². The van der Waals surface area contributed by atoms with Gasteiger partial charge in [-0.3, -0.25) is 4.98 Å². The highest BCUT2D eigenvalue weighted by atomic mass is 32.2. The highest BCUT2D eigenvalue weighted by Gasteiger charge is 2.13. The number of carbonyl (C=O) groups is 1. The van der Waals surface area contributed by atoms with Gasteiger partial charge in [-0.1, -0.05) is 0 Å².